The number of nitrogens with two attached hydrogens (primary N) is 1. The van der Waals surface area contributed by atoms with Gasteiger partial charge in [-0.1, -0.05) is 55.4 Å². The van der Waals surface area contributed by atoms with Gasteiger partial charge in [0, 0.05) is 0 Å². The fourth-order valence-corrected chi connectivity index (χ4v) is 2.90. The molecule has 24 heavy (non-hydrogen) atoms. The van der Waals surface area contributed by atoms with Crippen molar-refractivity contribution in [1.29, 1.82) is 0 Å². The average molecular weight is 336 g/mol. The van der Waals surface area contributed by atoms with E-state index in [0.717, 1.165) is 23.1 Å². The summed E-state index contributed by atoms with van der Waals surface area (Å²) in [4.78, 5) is 0. The topological polar surface area (TPSA) is 66.5 Å². The monoisotopic (exact) mass is 335 g/mol. The summed E-state index contributed by atoms with van der Waals surface area (Å²) >= 11 is 0. The second kappa shape index (κ2) is 7.45. The van der Waals surface area contributed by atoms with Crippen LogP contribution >= 0.6 is 0 Å². The largest absolute Gasteiger partial charge is 0.507 e. The Balaban J connectivity index is 3.33. The average Bonchev–Trinajstić information content (AvgIpc) is 2.41. The van der Waals surface area contributed by atoms with Gasteiger partial charge in [-0.05, 0) is 58.4 Å². The molecule has 0 saturated heterocycles. The van der Waals surface area contributed by atoms with Gasteiger partial charge in [-0.15, -0.1) is 0 Å². The van der Waals surface area contributed by atoms with Crippen LogP contribution in [0.2, 0.25) is 0 Å². The molecule has 1 rings (SSSR count). The maximum absolute atomic E-state index is 10.8. The minimum Gasteiger partial charge on any atom is -0.507 e. The lowest BCUT2D eigenvalue weighted by molar-refractivity contribution is 0.128. The molecule has 2 atom stereocenters. The van der Waals surface area contributed by atoms with Gasteiger partial charge in [0.05, 0.1) is 12.1 Å². The number of rotatable bonds is 5. The smallest absolute Gasteiger partial charge is 0.123 e. The van der Waals surface area contributed by atoms with Crippen molar-refractivity contribution in [3.63, 3.8) is 0 Å². The summed E-state index contributed by atoms with van der Waals surface area (Å²) < 4.78 is 0. The lowest BCUT2D eigenvalue weighted by Crippen LogP contribution is -2.28. The zero-order chi connectivity index (χ0) is 18.9. The summed E-state index contributed by atoms with van der Waals surface area (Å²) in [7, 11) is 0. The van der Waals surface area contributed by atoms with E-state index < -0.39 is 12.1 Å². The molecular weight excluding hydrogens is 298 g/mol. The van der Waals surface area contributed by atoms with E-state index in [4.69, 9.17) is 5.73 Å². The molecule has 0 radical (unpaired) electrons. The lowest BCUT2D eigenvalue weighted by atomic mass is 9.77. The molecular formula is C21H37NO2. The molecule has 0 spiro atoms. The van der Waals surface area contributed by atoms with Crippen LogP contribution in [0.5, 0.6) is 5.75 Å². The first-order valence-electron chi connectivity index (χ1n) is 9.06. The molecule has 0 aliphatic carbocycles. The van der Waals surface area contributed by atoms with Crippen LogP contribution in [0.3, 0.4) is 0 Å². The Morgan fingerprint density at radius 3 is 1.67 bits per heavy atom. The highest BCUT2D eigenvalue weighted by Crippen LogP contribution is 2.41. The minimum absolute atomic E-state index is 0.192. The maximum atomic E-state index is 10.8. The summed E-state index contributed by atoms with van der Waals surface area (Å²) in [6, 6.07) is 3.49. The molecule has 0 aliphatic heterocycles. The van der Waals surface area contributed by atoms with Crippen molar-refractivity contribution >= 4 is 0 Å². The van der Waals surface area contributed by atoms with Gasteiger partial charge < -0.3 is 15.9 Å². The second-order valence-electron chi connectivity index (χ2n) is 9.53. The SMILES string of the molecule is CC(C)CC[C@@H](O)[C@@H](N)c1cc(C(C)(C)C)c(O)c(C(C)(C)C)c1. The van der Waals surface area contributed by atoms with E-state index in [1.807, 2.05) is 12.1 Å². The standard InChI is InChI=1S/C21H37NO2/c1-13(2)9-10-17(23)18(22)14-11-15(20(3,4)5)19(24)16(12-14)21(6,7)8/h11-13,17-18,23-24H,9-10,22H2,1-8H3/t17-,18+/m1/s1. The van der Waals surface area contributed by atoms with Crippen LogP contribution in [-0.2, 0) is 10.8 Å². The van der Waals surface area contributed by atoms with Crippen LogP contribution in [-0.4, -0.2) is 16.3 Å². The van der Waals surface area contributed by atoms with Gasteiger partial charge in [-0.25, -0.2) is 0 Å². The van der Waals surface area contributed by atoms with Crippen LogP contribution in [0.1, 0.15) is 91.0 Å². The third-order valence-electron chi connectivity index (χ3n) is 4.59. The van der Waals surface area contributed by atoms with Gasteiger partial charge in [-0.3, -0.25) is 0 Å². The van der Waals surface area contributed by atoms with Crippen LogP contribution in [0.25, 0.3) is 0 Å². The first-order chi connectivity index (χ1) is 10.7. The van der Waals surface area contributed by atoms with E-state index >= 15 is 0 Å². The normalized spacial score (nSPS) is 15.6. The van der Waals surface area contributed by atoms with E-state index in [-0.39, 0.29) is 10.8 Å². The number of aliphatic hydroxyl groups excluding tert-OH is 1. The summed E-state index contributed by atoms with van der Waals surface area (Å²) in [6.45, 7) is 16.8. The fourth-order valence-electron chi connectivity index (χ4n) is 2.90. The Bertz CT molecular complexity index is 515. The predicted molar refractivity (Wildman–Crippen MR) is 103 cm³/mol. The number of aromatic hydroxyl groups is 1. The van der Waals surface area contributed by atoms with Crippen molar-refractivity contribution in [2.24, 2.45) is 11.7 Å². The van der Waals surface area contributed by atoms with Crippen LogP contribution in [0, 0.1) is 5.92 Å². The molecule has 0 amide bonds. The highest BCUT2D eigenvalue weighted by atomic mass is 16.3. The lowest BCUT2D eigenvalue weighted by Gasteiger charge is -2.30. The summed E-state index contributed by atoms with van der Waals surface area (Å²) in [5.41, 5.74) is 8.66. The minimum atomic E-state index is -0.572. The molecule has 3 heteroatoms. The molecule has 0 aromatic heterocycles. The van der Waals surface area contributed by atoms with Gasteiger partial charge in [0.25, 0.3) is 0 Å². The quantitative estimate of drug-likeness (QED) is 0.725. The molecule has 0 heterocycles. The molecule has 0 unspecified atom stereocenters. The summed E-state index contributed by atoms with van der Waals surface area (Å²) in [5.74, 6) is 0.893. The van der Waals surface area contributed by atoms with Gasteiger partial charge in [0.1, 0.15) is 5.75 Å². The number of phenols is 1. The molecule has 0 saturated carbocycles. The van der Waals surface area contributed by atoms with Crippen molar-refractivity contribution in [2.45, 2.75) is 91.2 Å². The number of aliphatic hydroxyl groups is 1. The van der Waals surface area contributed by atoms with E-state index in [1.165, 1.54) is 0 Å². The Hall–Kier alpha value is -1.06. The fraction of sp³-hybridized carbons (Fsp3) is 0.714. The highest BCUT2D eigenvalue weighted by molar-refractivity contribution is 5.50. The first-order valence-corrected chi connectivity index (χ1v) is 9.06. The van der Waals surface area contributed by atoms with E-state index in [0.29, 0.717) is 18.1 Å². The number of benzene rings is 1. The van der Waals surface area contributed by atoms with Crippen molar-refractivity contribution in [3.05, 3.63) is 28.8 Å². The summed E-state index contributed by atoms with van der Waals surface area (Å²) in [5, 5.41) is 21.3. The zero-order valence-electron chi connectivity index (χ0n) is 16.8. The third-order valence-corrected chi connectivity index (χ3v) is 4.59. The molecule has 3 nitrogen and oxygen atoms in total. The maximum Gasteiger partial charge on any atom is 0.123 e. The Morgan fingerprint density at radius 2 is 1.33 bits per heavy atom. The Kier molecular flexibility index (Phi) is 6.51. The van der Waals surface area contributed by atoms with Crippen molar-refractivity contribution in [3.8, 4) is 5.75 Å². The summed E-state index contributed by atoms with van der Waals surface area (Å²) in [6.07, 6.45) is 1.07. The Labute approximate surface area is 148 Å². The zero-order valence-corrected chi connectivity index (χ0v) is 16.8. The van der Waals surface area contributed by atoms with Gasteiger partial charge in [-0.2, -0.15) is 0 Å². The molecule has 1 aromatic carbocycles. The van der Waals surface area contributed by atoms with E-state index in [1.54, 1.807) is 0 Å². The van der Waals surface area contributed by atoms with Crippen LogP contribution in [0.4, 0.5) is 0 Å². The van der Waals surface area contributed by atoms with E-state index in [9.17, 15) is 10.2 Å². The number of hydrogen-bond donors (Lipinski definition) is 3. The highest BCUT2D eigenvalue weighted by Gasteiger charge is 2.28. The van der Waals surface area contributed by atoms with Gasteiger partial charge in [0.15, 0.2) is 0 Å². The van der Waals surface area contributed by atoms with Crippen molar-refractivity contribution < 1.29 is 10.2 Å². The predicted octanol–water partition coefficient (Wildman–Crippen LogP) is 4.78. The van der Waals surface area contributed by atoms with Crippen LogP contribution in [0.15, 0.2) is 12.1 Å². The molecule has 1 aromatic rings. The Morgan fingerprint density at radius 1 is 0.917 bits per heavy atom. The molecule has 4 N–H and O–H groups in total. The molecule has 0 bridgehead atoms. The van der Waals surface area contributed by atoms with Crippen molar-refractivity contribution in [1.82, 2.24) is 0 Å². The van der Waals surface area contributed by atoms with Crippen molar-refractivity contribution in [2.75, 3.05) is 0 Å². The van der Waals surface area contributed by atoms with Gasteiger partial charge >= 0.3 is 0 Å². The number of hydrogen-bond acceptors (Lipinski definition) is 3. The van der Waals surface area contributed by atoms with Gasteiger partial charge in [0.2, 0.25) is 0 Å². The molecule has 0 fully saturated rings. The molecule has 138 valence electrons. The van der Waals surface area contributed by atoms with E-state index in [2.05, 4.69) is 55.4 Å². The van der Waals surface area contributed by atoms with Crippen LogP contribution < -0.4 is 5.73 Å². The second-order valence-corrected chi connectivity index (χ2v) is 9.53. The molecule has 0 aliphatic rings. The number of phenolic OH excluding ortho intramolecular Hbond substituents is 1. The third kappa shape index (κ3) is 5.22. The first kappa shape index (κ1) is 21.0.